The molecule has 0 amide bonds. The molecule has 0 radical (unpaired) electrons. The van der Waals surface area contributed by atoms with Crippen LogP contribution in [0.15, 0.2) is 202 Å². The summed E-state index contributed by atoms with van der Waals surface area (Å²) in [6, 6.07) is 28.8. The molecule has 17 rings (SSSR count). The molecule has 1 saturated carbocycles. The van der Waals surface area contributed by atoms with Gasteiger partial charge in [0.2, 0.25) is 0 Å². The number of nitrogens with one attached hydrogen (secondary N) is 5. The minimum absolute atomic E-state index is 0.0252. The Bertz CT molecular complexity index is 6840. The van der Waals surface area contributed by atoms with Crippen molar-refractivity contribution in [2.75, 3.05) is 33.2 Å². The number of hydrogen-bond acceptors (Lipinski definition) is 23. The number of hydrogen-bond donors (Lipinski definition) is 6. The van der Waals surface area contributed by atoms with E-state index in [1.165, 1.54) is 104 Å². The van der Waals surface area contributed by atoms with Crippen LogP contribution in [0.5, 0.6) is 11.5 Å². The number of pyridine rings is 1. The fraction of sp³-hybridized carbons (Fsp3) is 0.281. The molecular formula is C96H94F15N25O3. The Balaban J connectivity index is 0.000000147. The first-order valence-electron chi connectivity index (χ1n) is 43.7. The lowest BCUT2D eigenvalue weighted by molar-refractivity contribution is -0.274. The number of alkyl halides is 14. The molecule has 43 heteroatoms. The van der Waals surface area contributed by atoms with Crippen molar-refractivity contribution in [3.8, 4) is 67.9 Å². The summed E-state index contributed by atoms with van der Waals surface area (Å²) in [6.45, 7) is 13.5. The summed E-state index contributed by atoms with van der Waals surface area (Å²) in [5.74, 6) is 1.99. The van der Waals surface area contributed by atoms with Crippen LogP contribution < -0.4 is 36.1 Å². The van der Waals surface area contributed by atoms with Gasteiger partial charge in [-0.3, -0.25) is 48.0 Å². The molecule has 139 heavy (non-hydrogen) atoms. The van der Waals surface area contributed by atoms with Crippen LogP contribution in [0.3, 0.4) is 0 Å². The summed E-state index contributed by atoms with van der Waals surface area (Å²) in [5.41, 5.74) is 17.4. The lowest BCUT2D eigenvalue weighted by Gasteiger charge is -2.11. The number of fused-ring (bicyclic) bond motifs is 1. The summed E-state index contributed by atoms with van der Waals surface area (Å²) in [7, 11) is 5.74. The van der Waals surface area contributed by atoms with Gasteiger partial charge in [-0.05, 0) is 199 Å². The molecule has 726 valence electrons. The van der Waals surface area contributed by atoms with Gasteiger partial charge in [-0.2, -0.15) is 68.7 Å². The second-order valence-electron chi connectivity index (χ2n) is 31.3. The molecule has 11 heterocycles. The molecule has 6 N–H and O–H groups in total. The molecule has 5 aromatic carbocycles. The maximum Gasteiger partial charge on any atom is 0.573 e. The van der Waals surface area contributed by atoms with Crippen molar-refractivity contribution in [3.05, 3.63) is 275 Å². The number of halogens is 15. The number of imidazole rings is 1. The van der Waals surface area contributed by atoms with Gasteiger partial charge in [0.25, 0.3) is 0 Å². The van der Waals surface area contributed by atoms with Gasteiger partial charge in [0.05, 0.1) is 149 Å². The van der Waals surface area contributed by atoms with Crippen molar-refractivity contribution < 1.29 is 80.4 Å². The Morgan fingerprint density at radius 2 is 0.719 bits per heavy atom. The number of aliphatic hydroxyl groups excluding tert-OH is 1. The van der Waals surface area contributed by atoms with Gasteiger partial charge in [0.15, 0.2) is 0 Å². The number of ether oxygens (including phenoxy) is 2. The van der Waals surface area contributed by atoms with E-state index in [-0.39, 0.29) is 18.1 Å². The molecule has 1 aliphatic carbocycles. The number of aryl methyl sites for hydroxylation is 7. The van der Waals surface area contributed by atoms with Crippen molar-refractivity contribution in [1.82, 2.24) is 98.3 Å². The smallest absolute Gasteiger partial charge is 0.435 e. The fourth-order valence-corrected chi connectivity index (χ4v) is 15.2. The summed E-state index contributed by atoms with van der Waals surface area (Å²) in [6.07, 6.45) is 6.23. The van der Waals surface area contributed by atoms with Crippen molar-refractivity contribution in [1.29, 1.82) is 0 Å². The first-order valence-corrected chi connectivity index (χ1v) is 43.7. The Morgan fingerprint density at radius 3 is 1.03 bits per heavy atom. The highest BCUT2D eigenvalue weighted by atomic mass is 19.4. The third-order valence-corrected chi connectivity index (χ3v) is 21.6. The molecule has 28 nitrogen and oxygen atoms in total. The predicted molar refractivity (Wildman–Crippen MR) is 494 cm³/mol. The zero-order chi connectivity index (χ0) is 99.8. The molecule has 0 saturated heterocycles. The summed E-state index contributed by atoms with van der Waals surface area (Å²) in [4.78, 5) is 48.7. The maximum absolute atomic E-state index is 13.9. The zero-order valence-corrected chi connectivity index (χ0v) is 76.7. The Morgan fingerprint density at radius 1 is 0.396 bits per heavy atom. The van der Waals surface area contributed by atoms with Gasteiger partial charge in [-0.15, -0.1) is 13.2 Å². The maximum atomic E-state index is 13.9. The average Bonchev–Trinajstić information content (AvgIpc) is 1.60. The zero-order valence-electron chi connectivity index (χ0n) is 76.7. The van der Waals surface area contributed by atoms with Crippen LogP contribution >= 0.6 is 0 Å². The van der Waals surface area contributed by atoms with Gasteiger partial charge in [0, 0.05) is 107 Å². The fourth-order valence-electron chi connectivity index (χ4n) is 15.2. The van der Waals surface area contributed by atoms with Crippen LogP contribution in [-0.2, 0) is 84.7 Å². The lowest BCUT2D eigenvalue weighted by atomic mass is 10.1. The molecule has 1 aliphatic rings. The molecule has 0 atom stereocenters. The van der Waals surface area contributed by atoms with Crippen LogP contribution in [0, 0.1) is 19.7 Å². The monoisotopic (exact) mass is 1930 g/mol. The molecule has 0 bridgehead atoms. The first-order chi connectivity index (χ1) is 66.3. The Labute approximate surface area is 786 Å². The molecule has 0 spiro atoms. The number of aliphatic hydroxyl groups is 1. The van der Waals surface area contributed by atoms with Gasteiger partial charge in [0.1, 0.15) is 57.7 Å². The van der Waals surface area contributed by atoms with E-state index < -0.39 is 54.0 Å². The first kappa shape index (κ1) is 101. The number of rotatable bonds is 27. The number of anilines is 10. The van der Waals surface area contributed by atoms with Crippen LogP contribution in [0.2, 0.25) is 0 Å². The standard InChI is InChI=1S/C21H15F4N5.C19H20F3N5O.C19H20F3N5.C19H21F2N5O.C18H18F3N5O/c22-14-5-8-18-29-19(12-1-2-12)20(30(18)11-14)16-9-26-10-17(28-16)27-15-6-3-13(4-7-15)21(23,24)25;1-4-14-18(16(5-2)27(3)26-14)15-10-23-11-17(25-15)24-12-6-8-13(9-7-12)28-19(20,21)22;1-4-14-18(16(5-2)27(3)26-14)15-10-23-11-17(25-15)24-13-8-6-12(7-9-13)19(20,21)22;1-4-14-18(16(5-2)26(3)25-14)15-10-22-11-17(24-15)23-12-6-8-13(9-7-12)27-19(20)21;1-11-17(12(2)26(25-11)7-8-27)15-9-22-10-16(24-15)23-14-5-3-13(4-6-14)18(19,20)21/h3-12H,1-2H2,(H,27,28);6-11H,4-5H2,1-3H3,(H,24,25);6-11H,4-5H2,1-3H3,(H,24,25);6-11,19H,4-5H2,1-3H3,(H,23,24);3-6,9-10,27H,7-8H2,1-2H3,(H,23,24). The average molecular weight is 1930 g/mol. The largest absolute Gasteiger partial charge is 0.573 e. The second-order valence-corrected chi connectivity index (χ2v) is 31.3. The molecular weight excluding hydrogens is 1840 g/mol. The molecule has 0 aliphatic heterocycles. The lowest BCUT2D eigenvalue weighted by Crippen LogP contribution is -2.16. The molecule has 11 aromatic heterocycles. The predicted octanol–water partition coefficient (Wildman–Crippen LogP) is 23.0. The van der Waals surface area contributed by atoms with Crippen molar-refractivity contribution in [2.24, 2.45) is 21.1 Å². The van der Waals surface area contributed by atoms with E-state index in [0.29, 0.717) is 104 Å². The molecule has 16 aromatic rings. The van der Waals surface area contributed by atoms with Crippen LogP contribution in [-0.4, -0.2) is 123 Å². The summed E-state index contributed by atoms with van der Waals surface area (Å²) >= 11 is 0. The third kappa shape index (κ3) is 25.8. The molecule has 0 unspecified atom stereocenters. The van der Waals surface area contributed by atoms with Crippen molar-refractivity contribution in [3.63, 3.8) is 0 Å². The van der Waals surface area contributed by atoms with Gasteiger partial charge >= 0.3 is 31.5 Å². The number of aromatic nitrogens is 20. The van der Waals surface area contributed by atoms with E-state index in [0.717, 1.165) is 167 Å². The Kier molecular flexibility index (Phi) is 32.1. The highest BCUT2D eigenvalue weighted by Crippen LogP contribution is 2.45. The third-order valence-electron chi connectivity index (χ3n) is 21.6. The SMILES string of the molecule is CCc1nn(C)c(CC)c1-c1cncc(Nc2ccc(C(F)(F)F)cc2)n1.CCc1nn(C)c(CC)c1-c1cncc(Nc2ccc(OC(F)(F)F)cc2)n1.CCc1nn(C)c(CC)c1-c1cncc(Nc2ccc(OC(F)F)cc2)n1.Cc1nn(CCO)c(C)c1-c1cncc(Nc2ccc(C(F)(F)F)cc2)n1.Fc1ccc2nc(C3CC3)c(-c3cncc(Nc4ccc(C(F)(F)F)cc4)n3)n2c1. The number of benzene rings is 5. The van der Waals surface area contributed by atoms with Crippen LogP contribution in [0.1, 0.15) is 128 Å². The van der Waals surface area contributed by atoms with E-state index in [1.54, 1.807) is 70.7 Å². The van der Waals surface area contributed by atoms with Crippen molar-refractivity contribution >= 4 is 63.2 Å². The van der Waals surface area contributed by atoms with Gasteiger partial charge in [-0.25, -0.2) is 34.3 Å². The highest BCUT2D eigenvalue weighted by molar-refractivity contribution is 5.73. The van der Waals surface area contributed by atoms with E-state index in [1.807, 2.05) is 62.9 Å². The molecule has 1 fully saturated rings. The van der Waals surface area contributed by atoms with Crippen molar-refractivity contribution in [2.45, 2.75) is 151 Å². The summed E-state index contributed by atoms with van der Waals surface area (Å²) < 4.78 is 207. The van der Waals surface area contributed by atoms with Gasteiger partial charge in [-0.1, -0.05) is 41.5 Å². The van der Waals surface area contributed by atoms with E-state index in [2.05, 4.69) is 139 Å². The topological polar surface area (TPSA) is 316 Å². The van der Waals surface area contributed by atoms with Gasteiger partial charge < -0.3 is 41.2 Å². The minimum atomic E-state index is -4.72. The quantitative estimate of drug-likeness (QED) is 0.0261. The second kappa shape index (κ2) is 44.1. The van der Waals surface area contributed by atoms with Crippen LogP contribution in [0.4, 0.5) is 123 Å². The summed E-state index contributed by atoms with van der Waals surface area (Å²) in [5, 5.41) is 42.3. The van der Waals surface area contributed by atoms with E-state index in [4.69, 9.17) is 5.11 Å². The highest BCUT2D eigenvalue weighted by Gasteiger charge is 2.36. The van der Waals surface area contributed by atoms with E-state index in [9.17, 15) is 65.9 Å². The van der Waals surface area contributed by atoms with Crippen LogP contribution in [0.25, 0.3) is 62.1 Å². The Hall–Kier alpha value is -15.5. The normalized spacial score (nSPS) is 12.1. The minimum Gasteiger partial charge on any atom is -0.435 e. The number of nitrogens with zero attached hydrogens (tertiary/aromatic N) is 20. The van der Waals surface area contributed by atoms with E-state index >= 15 is 0 Å².